The quantitative estimate of drug-likeness (QED) is 0.342. The molecule has 0 fully saturated rings. The first-order valence-corrected chi connectivity index (χ1v) is 9.35. The molecule has 0 spiro atoms. The number of rotatable bonds is 9. The second-order valence-electron chi connectivity index (χ2n) is 7.72. The number of esters is 1. The van der Waals surface area contributed by atoms with Gasteiger partial charge in [0.1, 0.15) is 12.4 Å². The van der Waals surface area contributed by atoms with Crippen LogP contribution in [0.2, 0.25) is 0 Å². The number of carbonyl (C=O) groups excluding carboxylic acids is 1. The van der Waals surface area contributed by atoms with E-state index in [1.165, 1.54) is 0 Å². The molecule has 146 valence electrons. The third-order valence-corrected chi connectivity index (χ3v) is 4.00. The minimum Gasteiger partial charge on any atom is -0.460 e. The first-order chi connectivity index (χ1) is 12.8. The van der Waals surface area contributed by atoms with Gasteiger partial charge in [0.25, 0.3) is 0 Å². The Kier molecular flexibility index (Phi) is 8.01. The molecule has 2 aromatic carbocycles. The van der Waals surface area contributed by atoms with Gasteiger partial charge in [0.2, 0.25) is 0 Å². The Balaban J connectivity index is 1.93. The summed E-state index contributed by atoms with van der Waals surface area (Å²) >= 11 is 0. The van der Waals surface area contributed by atoms with Gasteiger partial charge in [-0.1, -0.05) is 67.6 Å². The van der Waals surface area contributed by atoms with E-state index in [0.29, 0.717) is 6.61 Å². The Morgan fingerprint density at radius 3 is 2.15 bits per heavy atom. The molecule has 0 saturated carbocycles. The molecule has 0 unspecified atom stereocenters. The third-order valence-electron chi connectivity index (χ3n) is 4.00. The fourth-order valence-electron chi connectivity index (χ4n) is 2.84. The van der Waals surface area contributed by atoms with Crippen LogP contribution >= 0.6 is 0 Å². The Bertz CT molecular complexity index is 677. The molecule has 0 saturated heterocycles. The molecule has 27 heavy (non-hydrogen) atoms. The normalized spacial score (nSPS) is 13.8. The van der Waals surface area contributed by atoms with Crippen LogP contribution in [0, 0.1) is 5.92 Å². The van der Waals surface area contributed by atoms with Crippen molar-refractivity contribution in [1.29, 1.82) is 0 Å². The van der Waals surface area contributed by atoms with Crippen molar-refractivity contribution < 1.29 is 19.0 Å². The number of ether oxygens (including phenoxy) is 3. The van der Waals surface area contributed by atoms with Crippen LogP contribution in [-0.4, -0.2) is 18.4 Å². The molecule has 0 amide bonds. The van der Waals surface area contributed by atoms with E-state index in [1.807, 2.05) is 88.4 Å². The molecule has 4 heteroatoms. The first-order valence-electron chi connectivity index (χ1n) is 9.35. The van der Waals surface area contributed by atoms with Crippen molar-refractivity contribution in [3.63, 3.8) is 0 Å². The van der Waals surface area contributed by atoms with Crippen molar-refractivity contribution in [3.05, 3.63) is 71.8 Å². The summed E-state index contributed by atoms with van der Waals surface area (Å²) in [5, 5.41) is 0. The van der Waals surface area contributed by atoms with Crippen molar-refractivity contribution in [3.8, 4) is 0 Å². The molecule has 2 atom stereocenters. The smallest absolute Gasteiger partial charge is 0.306 e. The summed E-state index contributed by atoms with van der Waals surface area (Å²) in [5.74, 6) is -0.257. The Labute approximate surface area is 162 Å². The van der Waals surface area contributed by atoms with Gasteiger partial charge in [-0.25, -0.2) is 0 Å². The van der Waals surface area contributed by atoms with Gasteiger partial charge >= 0.3 is 5.97 Å². The number of carbonyl (C=O) groups is 1. The monoisotopic (exact) mass is 370 g/mol. The standard InChI is InChI=1S/C23H30O4/c1-18(15-21(24)27-23(2,3)4)22(20-13-9-6-10-14-20)26-17-25-16-19-11-7-5-8-12-19/h5-14,18,22H,15-17H2,1-4H3/t18-,22-/m0/s1. The van der Waals surface area contributed by atoms with Crippen LogP contribution in [0.1, 0.15) is 51.3 Å². The largest absolute Gasteiger partial charge is 0.460 e. The third kappa shape index (κ3) is 7.94. The predicted molar refractivity (Wildman–Crippen MR) is 106 cm³/mol. The van der Waals surface area contributed by atoms with Crippen LogP contribution in [0.15, 0.2) is 60.7 Å². The van der Waals surface area contributed by atoms with Crippen molar-refractivity contribution in [1.82, 2.24) is 0 Å². The summed E-state index contributed by atoms with van der Waals surface area (Å²) in [7, 11) is 0. The lowest BCUT2D eigenvalue weighted by Gasteiger charge is -2.26. The molecule has 0 heterocycles. The second-order valence-corrected chi connectivity index (χ2v) is 7.72. The van der Waals surface area contributed by atoms with E-state index in [4.69, 9.17) is 14.2 Å². The van der Waals surface area contributed by atoms with Gasteiger partial charge in [-0.15, -0.1) is 0 Å². The number of hydrogen-bond donors (Lipinski definition) is 0. The Hall–Kier alpha value is -2.17. The van der Waals surface area contributed by atoms with E-state index in [1.54, 1.807) is 0 Å². The average molecular weight is 370 g/mol. The zero-order chi connectivity index (χ0) is 19.7. The molecule has 2 aromatic rings. The van der Waals surface area contributed by atoms with Gasteiger partial charge in [-0.2, -0.15) is 0 Å². The van der Waals surface area contributed by atoms with Crippen LogP contribution in [0.4, 0.5) is 0 Å². The predicted octanol–water partition coefficient (Wildman–Crippen LogP) is 5.29. The van der Waals surface area contributed by atoms with Gasteiger partial charge in [-0.3, -0.25) is 4.79 Å². The van der Waals surface area contributed by atoms with Crippen LogP contribution in [-0.2, 0) is 25.6 Å². The lowest BCUT2D eigenvalue weighted by atomic mass is 9.94. The van der Waals surface area contributed by atoms with Gasteiger partial charge in [-0.05, 0) is 37.8 Å². The summed E-state index contributed by atoms with van der Waals surface area (Å²) < 4.78 is 17.1. The van der Waals surface area contributed by atoms with Crippen LogP contribution in [0.5, 0.6) is 0 Å². The average Bonchev–Trinajstić information content (AvgIpc) is 2.61. The van der Waals surface area contributed by atoms with Gasteiger partial charge < -0.3 is 14.2 Å². The molecule has 0 aliphatic carbocycles. The summed E-state index contributed by atoms with van der Waals surface area (Å²) in [4.78, 5) is 12.2. The Morgan fingerprint density at radius 1 is 0.963 bits per heavy atom. The van der Waals surface area contributed by atoms with Crippen molar-refractivity contribution in [2.45, 2.75) is 52.4 Å². The molecular weight excluding hydrogens is 340 g/mol. The van der Waals surface area contributed by atoms with Crippen molar-refractivity contribution in [2.75, 3.05) is 6.79 Å². The fraction of sp³-hybridized carbons (Fsp3) is 0.435. The maximum absolute atomic E-state index is 12.2. The lowest BCUT2D eigenvalue weighted by molar-refractivity contribution is -0.159. The highest BCUT2D eigenvalue weighted by atomic mass is 16.7. The molecule has 0 bridgehead atoms. The molecule has 0 aliphatic rings. The maximum Gasteiger partial charge on any atom is 0.306 e. The minimum atomic E-state index is -0.487. The number of hydrogen-bond acceptors (Lipinski definition) is 4. The highest BCUT2D eigenvalue weighted by molar-refractivity contribution is 5.70. The van der Waals surface area contributed by atoms with E-state index in [-0.39, 0.29) is 31.2 Å². The summed E-state index contributed by atoms with van der Waals surface area (Å²) in [6, 6.07) is 19.9. The van der Waals surface area contributed by atoms with E-state index >= 15 is 0 Å². The summed E-state index contributed by atoms with van der Waals surface area (Å²) in [6.07, 6.45) is 0.0460. The lowest BCUT2D eigenvalue weighted by Crippen LogP contribution is -2.26. The Morgan fingerprint density at radius 2 is 1.56 bits per heavy atom. The molecular formula is C23H30O4. The SMILES string of the molecule is C[C@@H](CC(=O)OC(C)(C)C)[C@H](OCOCc1ccccc1)c1ccccc1. The highest BCUT2D eigenvalue weighted by Gasteiger charge is 2.25. The van der Waals surface area contributed by atoms with Crippen LogP contribution in [0.25, 0.3) is 0 Å². The van der Waals surface area contributed by atoms with Gasteiger partial charge in [0.05, 0.1) is 19.1 Å². The van der Waals surface area contributed by atoms with E-state index in [2.05, 4.69) is 0 Å². The topological polar surface area (TPSA) is 44.8 Å². The van der Waals surface area contributed by atoms with Crippen LogP contribution < -0.4 is 0 Å². The van der Waals surface area contributed by atoms with E-state index < -0.39 is 5.60 Å². The molecule has 0 radical (unpaired) electrons. The molecule has 0 N–H and O–H groups in total. The maximum atomic E-state index is 12.2. The fourth-order valence-corrected chi connectivity index (χ4v) is 2.84. The molecule has 0 aliphatic heterocycles. The minimum absolute atomic E-state index is 0.0393. The zero-order valence-electron chi connectivity index (χ0n) is 16.7. The van der Waals surface area contributed by atoms with Gasteiger partial charge in [0, 0.05) is 0 Å². The van der Waals surface area contributed by atoms with Crippen molar-refractivity contribution in [2.24, 2.45) is 5.92 Å². The molecule has 4 nitrogen and oxygen atoms in total. The molecule has 0 aromatic heterocycles. The summed E-state index contributed by atoms with van der Waals surface area (Å²) in [6.45, 7) is 8.27. The molecule has 2 rings (SSSR count). The van der Waals surface area contributed by atoms with E-state index in [9.17, 15) is 4.79 Å². The first kappa shape index (κ1) is 21.1. The second kappa shape index (κ2) is 10.2. The zero-order valence-corrected chi connectivity index (χ0v) is 16.7. The van der Waals surface area contributed by atoms with Crippen molar-refractivity contribution >= 4 is 5.97 Å². The summed E-state index contributed by atoms with van der Waals surface area (Å²) in [5.41, 5.74) is 1.63. The van der Waals surface area contributed by atoms with E-state index in [0.717, 1.165) is 11.1 Å². The number of benzene rings is 2. The van der Waals surface area contributed by atoms with Crippen LogP contribution in [0.3, 0.4) is 0 Å². The highest BCUT2D eigenvalue weighted by Crippen LogP contribution is 2.29. The van der Waals surface area contributed by atoms with Gasteiger partial charge in [0.15, 0.2) is 0 Å².